The van der Waals surface area contributed by atoms with Crippen LogP contribution in [0.1, 0.15) is 34.6 Å². The first kappa shape index (κ1) is 14.6. The van der Waals surface area contributed by atoms with Crippen LogP contribution in [-0.2, 0) is 0 Å². The summed E-state index contributed by atoms with van der Waals surface area (Å²) in [6, 6.07) is 0. The second-order valence-electron chi connectivity index (χ2n) is 4.33. The summed E-state index contributed by atoms with van der Waals surface area (Å²) < 4.78 is 0. The van der Waals surface area contributed by atoms with Gasteiger partial charge in [-0.25, -0.2) is 0 Å². The van der Waals surface area contributed by atoms with E-state index in [-0.39, 0.29) is 0 Å². The van der Waals surface area contributed by atoms with Gasteiger partial charge >= 0.3 is 0 Å². The molecule has 0 aliphatic carbocycles. The normalized spacial score (nSPS) is 13.4. The molecule has 0 aliphatic rings. The average molecular weight is 228 g/mol. The number of rotatable bonds is 3. The first-order chi connectivity index (χ1) is 6.67. The van der Waals surface area contributed by atoms with Crippen molar-refractivity contribution < 1.29 is 10.2 Å². The van der Waals surface area contributed by atoms with E-state index in [4.69, 9.17) is 0 Å². The molecule has 0 unspecified atom stereocenters. The second-order valence-corrected chi connectivity index (χ2v) is 5.63. The SMILES string of the molecule is CCSC(=CC#CC(C)(C)O)C(C)(C)O. The molecule has 0 aromatic carbocycles. The van der Waals surface area contributed by atoms with Gasteiger partial charge in [-0.3, -0.25) is 0 Å². The van der Waals surface area contributed by atoms with Crippen molar-refractivity contribution in [1.29, 1.82) is 0 Å². The fourth-order valence-electron chi connectivity index (χ4n) is 0.829. The van der Waals surface area contributed by atoms with Crippen LogP contribution in [0.4, 0.5) is 0 Å². The molecule has 0 atom stereocenters. The van der Waals surface area contributed by atoms with Crippen molar-refractivity contribution in [3.8, 4) is 11.8 Å². The summed E-state index contributed by atoms with van der Waals surface area (Å²) >= 11 is 1.56. The average Bonchev–Trinajstić information content (AvgIpc) is 1.98. The number of hydrogen-bond donors (Lipinski definition) is 2. The Hall–Kier alpha value is -0.430. The van der Waals surface area contributed by atoms with Gasteiger partial charge in [0.25, 0.3) is 0 Å². The summed E-state index contributed by atoms with van der Waals surface area (Å²) in [7, 11) is 0. The molecule has 0 heterocycles. The van der Waals surface area contributed by atoms with E-state index in [0.29, 0.717) is 0 Å². The fourth-order valence-corrected chi connectivity index (χ4v) is 1.64. The smallest absolute Gasteiger partial charge is 0.120 e. The lowest BCUT2D eigenvalue weighted by Gasteiger charge is -2.19. The Morgan fingerprint density at radius 1 is 1.27 bits per heavy atom. The molecule has 0 radical (unpaired) electrons. The highest BCUT2D eigenvalue weighted by molar-refractivity contribution is 8.03. The van der Waals surface area contributed by atoms with E-state index in [0.717, 1.165) is 10.7 Å². The van der Waals surface area contributed by atoms with E-state index in [1.165, 1.54) is 0 Å². The first-order valence-electron chi connectivity index (χ1n) is 4.97. The Morgan fingerprint density at radius 3 is 2.13 bits per heavy atom. The molecular weight excluding hydrogens is 208 g/mol. The third kappa shape index (κ3) is 7.49. The van der Waals surface area contributed by atoms with Crippen LogP contribution < -0.4 is 0 Å². The van der Waals surface area contributed by atoms with Crippen molar-refractivity contribution in [1.82, 2.24) is 0 Å². The minimum atomic E-state index is -0.988. The number of thioether (sulfide) groups is 1. The Balaban J connectivity index is 4.77. The summed E-state index contributed by atoms with van der Waals surface area (Å²) in [6.07, 6.45) is 1.67. The van der Waals surface area contributed by atoms with E-state index in [1.54, 1.807) is 45.5 Å². The zero-order valence-corrected chi connectivity index (χ0v) is 10.9. The molecule has 0 aliphatic heterocycles. The molecule has 0 fully saturated rings. The summed E-state index contributed by atoms with van der Waals surface area (Å²) in [5, 5.41) is 19.2. The van der Waals surface area contributed by atoms with E-state index in [9.17, 15) is 10.2 Å². The van der Waals surface area contributed by atoms with Gasteiger partial charge in [-0.1, -0.05) is 18.8 Å². The monoisotopic (exact) mass is 228 g/mol. The van der Waals surface area contributed by atoms with E-state index >= 15 is 0 Å². The molecule has 0 aromatic heterocycles. The maximum absolute atomic E-state index is 9.82. The van der Waals surface area contributed by atoms with Crippen LogP contribution in [0.2, 0.25) is 0 Å². The molecule has 0 saturated carbocycles. The van der Waals surface area contributed by atoms with Gasteiger partial charge in [0.1, 0.15) is 5.60 Å². The van der Waals surface area contributed by atoms with Gasteiger partial charge < -0.3 is 10.2 Å². The lowest BCUT2D eigenvalue weighted by atomic mass is 10.1. The molecule has 2 N–H and O–H groups in total. The van der Waals surface area contributed by atoms with E-state index in [1.807, 2.05) is 6.92 Å². The van der Waals surface area contributed by atoms with Crippen LogP contribution in [0.5, 0.6) is 0 Å². The third-order valence-corrected chi connectivity index (χ3v) is 2.70. The second kappa shape index (κ2) is 5.60. The van der Waals surface area contributed by atoms with Crippen molar-refractivity contribution in [3.63, 3.8) is 0 Å². The minimum absolute atomic E-state index is 0.821. The molecular formula is C12H20O2S. The molecule has 3 heteroatoms. The lowest BCUT2D eigenvalue weighted by Crippen LogP contribution is -2.20. The first-order valence-corrected chi connectivity index (χ1v) is 5.96. The van der Waals surface area contributed by atoms with Crippen molar-refractivity contribution >= 4 is 11.8 Å². The van der Waals surface area contributed by atoms with Gasteiger partial charge in [0.2, 0.25) is 0 Å². The van der Waals surface area contributed by atoms with Crippen molar-refractivity contribution in [2.75, 3.05) is 5.75 Å². The van der Waals surface area contributed by atoms with Gasteiger partial charge in [0.05, 0.1) is 5.60 Å². The molecule has 2 nitrogen and oxygen atoms in total. The van der Waals surface area contributed by atoms with Gasteiger partial charge in [-0.15, -0.1) is 11.8 Å². The summed E-state index contributed by atoms with van der Waals surface area (Å²) in [5.74, 6) is 6.35. The molecule has 0 amide bonds. The quantitative estimate of drug-likeness (QED) is 0.727. The summed E-state index contributed by atoms with van der Waals surface area (Å²) in [4.78, 5) is 0.821. The van der Waals surface area contributed by atoms with Gasteiger partial charge in [0.15, 0.2) is 0 Å². The van der Waals surface area contributed by atoms with Crippen LogP contribution in [0, 0.1) is 11.8 Å². The highest BCUT2D eigenvalue weighted by Crippen LogP contribution is 2.26. The highest BCUT2D eigenvalue weighted by atomic mass is 32.2. The van der Waals surface area contributed by atoms with Crippen LogP contribution in [-0.4, -0.2) is 27.2 Å². The van der Waals surface area contributed by atoms with Gasteiger partial charge in [-0.05, 0) is 33.4 Å². The maximum atomic E-state index is 9.82. The largest absolute Gasteiger partial charge is 0.385 e. The van der Waals surface area contributed by atoms with Crippen LogP contribution in [0.15, 0.2) is 11.0 Å². The third-order valence-electron chi connectivity index (χ3n) is 1.48. The van der Waals surface area contributed by atoms with Gasteiger partial charge in [0, 0.05) is 11.0 Å². The molecule has 0 saturated heterocycles. The van der Waals surface area contributed by atoms with Crippen LogP contribution in [0.25, 0.3) is 0 Å². The van der Waals surface area contributed by atoms with Crippen LogP contribution >= 0.6 is 11.8 Å². The molecule has 0 spiro atoms. The zero-order chi connectivity index (χ0) is 12.1. The van der Waals surface area contributed by atoms with Crippen molar-refractivity contribution in [2.24, 2.45) is 0 Å². The number of allylic oxidation sites excluding steroid dienone is 1. The predicted octanol–water partition coefficient (Wildman–Crippen LogP) is 2.17. The Kier molecular flexibility index (Phi) is 5.44. The fraction of sp³-hybridized carbons (Fsp3) is 0.667. The maximum Gasteiger partial charge on any atom is 0.120 e. The molecule has 0 bridgehead atoms. The molecule has 15 heavy (non-hydrogen) atoms. The summed E-state index contributed by atoms with van der Waals surface area (Å²) in [5.41, 5.74) is -1.85. The minimum Gasteiger partial charge on any atom is -0.385 e. The lowest BCUT2D eigenvalue weighted by molar-refractivity contribution is 0.129. The zero-order valence-electron chi connectivity index (χ0n) is 10.1. The predicted molar refractivity (Wildman–Crippen MR) is 66.6 cm³/mol. The molecule has 0 rings (SSSR count). The Bertz CT molecular complexity index is 281. The van der Waals surface area contributed by atoms with Crippen molar-refractivity contribution in [3.05, 3.63) is 11.0 Å². The Morgan fingerprint density at radius 2 is 1.80 bits per heavy atom. The standard InChI is InChI=1S/C12H20O2S/c1-6-15-10(12(4,5)14)8-7-9-11(2,3)13/h8,13-14H,6H2,1-5H3. The van der Waals surface area contributed by atoms with E-state index < -0.39 is 11.2 Å². The van der Waals surface area contributed by atoms with Crippen LogP contribution in [0.3, 0.4) is 0 Å². The number of aliphatic hydroxyl groups is 2. The van der Waals surface area contributed by atoms with Crippen molar-refractivity contribution in [2.45, 2.75) is 45.8 Å². The van der Waals surface area contributed by atoms with Gasteiger partial charge in [-0.2, -0.15) is 0 Å². The Labute approximate surface area is 96.8 Å². The molecule has 0 aromatic rings. The number of hydrogen-bond acceptors (Lipinski definition) is 3. The summed E-state index contributed by atoms with van der Waals surface area (Å²) in [6.45, 7) is 8.74. The van der Waals surface area contributed by atoms with E-state index in [2.05, 4.69) is 11.8 Å². The highest BCUT2D eigenvalue weighted by Gasteiger charge is 2.18. The topological polar surface area (TPSA) is 40.5 Å². The molecule has 86 valence electrons.